The minimum Gasteiger partial charge on any atom is -0.493 e. The van der Waals surface area contributed by atoms with Gasteiger partial charge in [0.05, 0.1) is 17.2 Å². The van der Waals surface area contributed by atoms with Crippen molar-refractivity contribution in [3.05, 3.63) is 88.9 Å². The first-order chi connectivity index (χ1) is 16.4. The minimum absolute atomic E-state index is 0.134. The Hall–Kier alpha value is -2.84. The number of carbonyl (C=O) groups is 1. The zero-order valence-corrected chi connectivity index (χ0v) is 21.5. The second kappa shape index (κ2) is 12.6. The summed E-state index contributed by atoms with van der Waals surface area (Å²) in [7, 11) is -3.91. The summed E-state index contributed by atoms with van der Waals surface area (Å²) in [6.45, 7) is 2.85. The number of para-hydroxylation sites is 1. The van der Waals surface area contributed by atoms with E-state index in [1.54, 1.807) is 42.5 Å². The van der Waals surface area contributed by atoms with Crippen molar-refractivity contribution in [2.24, 2.45) is 0 Å². The number of amides is 1. The Labute approximate surface area is 210 Å². The Balaban J connectivity index is 1.64. The Morgan fingerprint density at radius 1 is 0.971 bits per heavy atom. The highest BCUT2D eigenvalue weighted by Crippen LogP contribution is 2.25. The maximum atomic E-state index is 13.3. The highest BCUT2D eigenvalue weighted by molar-refractivity contribution is 9.10. The molecule has 0 atom stereocenters. The summed E-state index contributed by atoms with van der Waals surface area (Å²) in [6.07, 6.45) is 2.39. The summed E-state index contributed by atoms with van der Waals surface area (Å²) in [6, 6.07) is 22.9. The molecule has 0 saturated carbocycles. The van der Waals surface area contributed by atoms with E-state index < -0.39 is 10.0 Å². The summed E-state index contributed by atoms with van der Waals surface area (Å²) >= 11 is 3.36. The normalized spacial score (nSPS) is 11.1. The van der Waals surface area contributed by atoms with Gasteiger partial charge in [-0.3, -0.25) is 9.10 Å². The number of nitrogens with zero attached hydrogens (tertiary/aromatic N) is 1. The molecule has 8 heteroatoms. The number of aryl methyl sites for hydroxylation is 1. The Kier molecular flexibility index (Phi) is 9.53. The van der Waals surface area contributed by atoms with E-state index in [0.29, 0.717) is 25.3 Å². The number of sulfonamides is 1. The number of nitrogens with one attached hydrogen (secondary N) is 1. The fraction of sp³-hybridized carbons (Fsp3) is 0.269. The first-order valence-electron chi connectivity index (χ1n) is 11.2. The van der Waals surface area contributed by atoms with Crippen molar-refractivity contribution in [2.45, 2.75) is 31.1 Å². The van der Waals surface area contributed by atoms with Crippen LogP contribution in [0.5, 0.6) is 5.75 Å². The maximum Gasteiger partial charge on any atom is 0.264 e. The number of carbonyl (C=O) groups excluding carboxylic acids is 1. The topological polar surface area (TPSA) is 75.7 Å². The molecule has 0 unspecified atom stereocenters. The van der Waals surface area contributed by atoms with Crippen LogP contribution < -0.4 is 14.4 Å². The smallest absolute Gasteiger partial charge is 0.264 e. The number of rotatable bonds is 12. The number of hydrogen-bond donors (Lipinski definition) is 1. The fourth-order valence-corrected chi connectivity index (χ4v) is 5.10. The molecule has 1 N–H and O–H groups in total. The third-order valence-electron chi connectivity index (χ3n) is 5.11. The third kappa shape index (κ3) is 7.08. The van der Waals surface area contributed by atoms with E-state index in [9.17, 15) is 13.2 Å². The molecule has 3 aromatic carbocycles. The van der Waals surface area contributed by atoms with E-state index in [-0.39, 0.29) is 17.3 Å². The van der Waals surface area contributed by atoms with E-state index in [1.807, 2.05) is 24.3 Å². The lowest BCUT2D eigenvalue weighted by Gasteiger charge is -2.24. The quantitative estimate of drug-likeness (QED) is 0.318. The molecule has 34 heavy (non-hydrogen) atoms. The van der Waals surface area contributed by atoms with Crippen LogP contribution in [0.1, 0.15) is 25.3 Å². The summed E-state index contributed by atoms with van der Waals surface area (Å²) in [5.74, 6) is 0.504. The molecule has 0 aliphatic rings. The molecule has 1 amide bonds. The van der Waals surface area contributed by atoms with Gasteiger partial charge >= 0.3 is 0 Å². The van der Waals surface area contributed by atoms with Gasteiger partial charge in [0.15, 0.2) is 0 Å². The van der Waals surface area contributed by atoms with Crippen LogP contribution in [0.2, 0.25) is 0 Å². The molecule has 6 nitrogen and oxygen atoms in total. The Morgan fingerprint density at radius 3 is 2.35 bits per heavy atom. The van der Waals surface area contributed by atoms with Gasteiger partial charge in [-0.25, -0.2) is 8.42 Å². The number of ether oxygens (including phenoxy) is 1. The predicted molar refractivity (Wildman–Crippen MR) is 139 cm³/mol. The summed E-state index contributed by atoms with van der Waals surface area (Å²) in [5, 5.41) is 2.86. The SMILES string of the molecule is CCCOc1ccccc1CCCNC(=O)CN(c1ccc(Br)cc1)S(=O)(=O)c1ccccc1. The van der Waals surface area contributed by atoms with E-state index in [2.05, 4.69) is 28.2 Å². The molecule has 0 spiro atoms. The highest BCUT2D eigenvalue weighted by Gasteiger charge is 2.27. The highest BCUT2D eigenvalue weighted by atomic mass is 79.9. The fourth-order valence-electron chi connectivity index (χ4n) is 3.40. The van der Waals surface area contributed by atoms with Crippen LogP contribution in [-0.2, 0) is 21.2 Å². The van der Waals surface area contributed by atoms with Gasteiger partial charge in [0.2, 0.25) is 5.91 Å². The minimum atomic E-state index is -3.91. The standard InChI is InChI=1S/C26H29BrN2O4S/c1-2-19-33-25-13-7-6-9-21(25)10-8-18-28-26(30)20-29(23-16-14-22(27)15-17-23)34(31,32)24-11-4-3-5-12-24/h3-7,9,11-17H,2,8,10,18-20H2,1H3,(H,28,30). The van der Waals surface area contributed by atoms with E-state index >= 15 is 0 Å². The van der Waals surface area contributed by atoms with Crippen LogP contribution >= 0.6 is 15.9 Å². The van der Waals surface area contributed by atoms with Gasteiger partial charge in [0.1, 0.15) is 12.3 Å². The van der Waals surface area contributed by atoms with Gasteiger partial charge in [-0.15, -0.1) is 0 Å². The molecule has 0 bridgehead atoms. The van der Waals surface area contributed by atoms with Gasteiger partial charge in [-0.2, -0.15) is 0 Å². The average Bonchev–Trinajstić information content (AvgIpc) is 2.85. The van der Waals surface area contributed by atoms with E-state index in [4.69, 9.17) is 4.74 Å². The molecule has 0 saturated heterocycles. The lowest BCUT2D eigenvalue weighted by Crippen LogP contribution is -2.41. The zero-order chi connectivity index (χ0) is 24.4. The van der Waals surface area contributed by atoms with Crippen LogP contribution in [-0.4, -0.2) is 34.0 Å². The summed E-state index contributed by atoms with van der Waals surface area (Å²) in [4.78, 5) is 12.9. The van der Waals surface area contributed by atoms with Crippen molar-refractivity contribution in [1.82, 2.24) is 5.32 Å². The van der Waals surface area contributed by atoms with Gasteiger partial charge in [0.25, 0.3) is 10.0 Å². The molecule has 0 aliphatic carbocycles. The zero-order valence-electron chi connectivity index (χ0n) is 19.1. The maximum absolute atomic E-state index is 13.3. The molecular formula is C26H29BrN2O4S. The van der Waals surface area contributed by atoms with Crippen LogP contribution in [0.25, 0.3) is 0 Å². The van der Waals surface area contributed by atoms with Crippen molar-refractivity contribution in [2.75, 3.05) is 24.0 Å². The van der Waals surface area contributed by atoms with Crippen LogP contribution in [0.4, 0.5) is 5.69 Å². The van der Waals surface area contributed by atoms with Gasteiger partial charge < -0.3 is 10.1 Å². The lowest BCUT2D eigenvalue weighted by molar-refractivity contribution is -0.119. The predicted octanol–water partition coefficient (Wildman–Crippen LogP) is 5.18. The number of hydrogen-bond acceptors (Lipinski definition) is 4. The monoisotopic (exact) mass is 544 g/mol. The van der Waals surface area contributed by atoms with Crippen molar-refractivity contribution in [3.63, 3.8) is 0 Å². The first kappa shape index (κ1) is 25.8. The number of halogens is 1. The second-order valence-electron chi connectivity index (χ2n) is 7.71. The molecule has 180 valence electrons. The van der Waals surface area contributed by atoms with Gasteiger partial charge in [0, 0.05) is 11.0 Å². The first-order valence-corrected chi connectivity index (χ1v) is 13.5. The molecule has 0 radical (unpaired) electrons. The van der Waals surface area contributed by atoms with Crippen molar-refractivity contribution in [1.29, 1.82) is 0 Å². The molecule has 0 aliphatic heterocycles. The molecule has 3 aromatic rings. The Bertz CT molecular complexity index is 1170. The van der Waals surface area contributed by atoms with Crippen LogP contribution in [0.15, 0.2) is 88.2 Å². The van der Waals surface area contributed by atoms with Crippen LogP contribution in [0, 0.1) is 0 Å². The molecule has 3 rings (SSSR count). The van der Waals surface area contributed by atoms with Crippen molar-refractivity contribution < 1.29 is 17.9 Å². The molecule has 0 fully saturated rings. The summed E-state index contributed by atoms with van der Waals surface area (Å²) in [5.41, 5.74) is 1.51. The number of anilines is 1. The largest absolute Gasteiger partial charge is 0.493 e. The van der Waals surface area contributed by atoms with E-state index in [1.165, 1.54) is 12.1 Å². The lowest BCUT2D eigenvalue weighted by atomic mass is 10.1. The van der Waals surface area contributed by atoms with E-state index in [0.717, 1.165) is 32.9 Å². The molecule has 0 aromatic heterocycles. The van der Waals surface area contributed by atoms with Crippen molar-refractivity contribution in [3.8, 4) is 5.75 Å². The van der Waals surface area contributed by atoms with Gasteiger partial charge in [-0.05, 0) is 67.3 Å². The molecular weight excluding hydrogens is 516 g/mol. The average molecular weight is 545 g/mol. The second-order valence-corrected chi connectivity index (χ2v) is 10.5. The van der Waals surface area contributed by atoms with Crippen LogP contribution in [0.3, 0.4) is 0 Å². The van der Waals surface area contributed by atoms with Gasteiger partial charge in [-0.1, -0.05) is 59.3 Å². The number of benzene rings is 3. The third-order valence-corrected chi connectivity index (χ3v) is 7.43. The molecule has 0 heterocycles. The summed E-state index contributed by atoms with van der Waals surface area (Å²) < 4.78 is 34.4. The van der Waals surface area contributed by atoms with Crippen molar-refractivity contribution >= 4 is 37.5 Å². The Morgan fingerprint density at radius 2 is 1.65 bits per heavy atom.